The van der Waals surface area contributed by atoms with Crippen molar-refractivity contribution in [3.63, 3.8) is 0 Å². The lowest BCUT2D eigenvalue weighted by molar-refractivity contribution is 0.0988. The van der Waals surface area contributed by atoms with Crippen LogP contribution in [0.4, 0.5) is 11.4 Å². The van der Waals surface area contributed by atoms with Gasteiger partial charge in [0, 0.05) is 17.9 Å². The molecule has 1 amide bonds. The summed E-state index contributed by atoms with van der Waals surface area (Å²) >= 11 is 1.40. The Labute approximate surface area is 115 Å². The molecule has 2 N–H and O–H groups in total. The van der Waals surface area contributed by atoms with Crippen LogP contribution < -0.4 is 10.6 Å². The van der Waals surface area contributed by atoms with Crippen LogP contribution in [0.2, 0.25) is 0 Å². The average molecular weight is 273 g/mol. The Morgan fingerprint density at radius 3 is 3.05 bits per heavy atom. The first-order valence-electron chi connectivity index (χ1n) is 6.27. The molecule has 98 valence electrons. The summed E-state index contributed by atoms with van der Waals surface area (Å²) in [4.78, 5) is 19.3. The molecule has 0 saturated carbocycles. The first kappa shape index (κ1) is 12.2. The quantitative estimate of drug-likeness (QED) is 0.813. The van der Waals surface area contributed by atoms with Crippen molar-refractivity contribution in [3.05, 3.63) is 39.8 Å². The van der Waals surface area contributed by atoms with Crippen molar-refractivity contribution in [2.75, 3.05) is 17.2 Å². The Morgan fingerprint density at radius 2 is 2.32 bits per heavy atom. The average Bonchev–Trinajstić information content (AvgIpc) is 2.83. The van der Waals surface area contributed by atoms with Crippen molar-refractivity contribution in [3.8, 4) is 0 Å². The van der Waals surface area contributed by atoms with E-state index in [1.54, 1.807) is 5.51 Å². The fourth-order valence-corrected chi connectivity index (χ4v) is 3.21. The molecule has 1 aliphatic rings. The van der Waals surface area contributed by atoms with E-state index in [0.29, 0.717) is 0 Å². The molecule has 5 heteroatoms. The van der Waals surface area contributed by atoms with E-state index in [0.717, 1.165) is 46.9 Å². The Morgan fingerprint density at radius 1 is 1.47 bits per heavy atom. The lowest BCUT2D eigenvalue weighted by Gasteiger charge is -2.29. The molecular weight excluding hydrogens is 258 g/mol. The number of aromatic nitrogens is 1. The zero-order chi connectivity index (χ0) is 13.4. The van der Waals surface area contributed by atoms with E-state index in [2.05, 4.69) is 4.98 Å². The lowest BCUT2D eigenvalue weighted by Crippen LogP contribution is -2.35. The lowest BCUT2D eigenvalue weighted by atomic mass is 10.0. The summed E-state index contributed by atoms with van der Waals surface area (Å²) in [5.74, 6) is 0.0470. The normalized spacial score (nSPS) is 14.3. The predicted molar refractivity (Wildman–Crippen MR) is 77.7 cm³/mol. The van der Waals surface area contributed by atoms with Crippen molar-refractivity contribution in [2.24, 2.45) is 0 Å². The number of hydrogen-bond acceptors (Lipinski definition) is 4. The molecule has 0 saturated heterocycles. The van der Waals surface area contributed by atoms with Gasteiger partial charge < -0.3 is 10.6 Å². The summed E-state index contributed by atoms with van der Waals surface area (Å²) in [6.07, 6.45) is 1.95. The topological polar surface area (TPSA) is 59.2 Å². The maximum absolute atomic E-state index is 12.6. The number of rotatable bonds is 1. The summed E-state index contributed by atoms with van der Waals surface area (Å²) in [5.41, 5.74) is 11.2. The number of hydrogen-bond donors (Lipinski definition) is 1. The van der Waals surface area contributed by atoms with Gasteiger partial charge in [-0.25, -0.2) is 4.98 Å². The minimum Gasteiger partial charge on any atom is -0.399 e. The number of aryl methyl sites for hydroxylation is 2. The summed E-state index contributed by atoms with van der Waals surface area (Å²) in [6.45, 7) is 2.63. The molecule has 0 aliphatic carbocycles. The van der Waals surface area contributed by atoms with Crippen LogP contribution in [0.1, 0.15) is 27.3 Å². The number of carbonyl (C=O) groups is 1. The predicted octanol–water partition coefficient (Wildman–Crippen LogP) is 2.63. The van der Waals surface area contributed by atoms with Gasteiger partial charge >= 0.3 is 0 Å². The van der Waals surface area contributed by atoms with Crippen molar-refractivity contribution in [1.82, 2.24) is 4.98 Å². The van der Waals surface area contributed by atoms with Gasteiger partial charge in [-0.15, -0.1) is 11.3 Å². The number of benzene rings is 1. The molecule has 2 heterocycles. The molecule has 4 nitrogen and oxygen atoms in total. The third-order valence-electron chi connectivity index (χ3n) is 3.41. The minimum atomic E-state index is 0.0470. The Kier molecular flexibility index (Phi) is 2.98. The summed E-state index contributed by atoms with van der Waals surface area (Å²) in [5, 5.41) is 0. The third kappa shape index (κ3) is 2.10. The van der Waals surface area contributed by atoms with Gasteiger partial charge in [0.1, 0.15) is 4.88 Å². The van der Waals surface area contributed by atoms with Crippen LogP contribution in [0, 0.1) is 6.92 Å². The molecule has 1 aromatic carbocycles. The number of anilines is 2. The van der Waals surface area contributed by atoms with Crippen LogP contribution in [0.5, 0.6) is 0 Å². The van der Waals surface area contributed by atoms with Crippen LogP contribution in [0.3, 0.4) is 0 Å². The second kappa shape index (κ2) is 4.66. The van der Waals surface area contributed by atoms with E-state index in [4.69, 9.17) is 5.73 Å². The van der Waals surface area contributed by atoms with Gasteiger partial charge in [-0.3, -0.25) is 4.79 Å². The maximum Gasteiger partial charge on any atom is 0.270 e. The molecule has 19 heavy (non-hydrogen) atoms. The zero-order valence-electron chi connectivity index (χ0n) is 10.7. The fourth-order valence-electron chi connectivity index (χ4n) is 2.46. The second-order valence-electron chi connectivity index (χ2n) is 4.72. The van der Waals surface area contributed by atoms with Gasteiger partial charge in [0.15, 0.2) is 0 Å². The van der Waals surface area contributed by atoms with Gasteiger partial charge in [-0.05, 0) is 43.5 Å². The standard InChI is InChI=1S/C14H15N3OS/c1-9-13(19-8-16-9)14(18)17-6-2-3-10-7-11(15)4-5-12(10)17/h4-5,7-8H,2-3,6,15H2,1H3. The largest absolute Gasteiger partial charge is 0.399 e. The van der Waals surface area contributed by atoms with Gasteiger partial charge in [-0.1, -0.05) is 0 Å². The summed E-state index contributed by atoms with van der Waals surface area (Å²) in [6, 6.07) is 5.76. The van der Waals surface area contributed by atoms with Crippen LogP contribution in [-0.2, 0) is 6.42 Å². The molecule has 0 bridgehead atoms. The van der Waals surface area contributed by atoms with Crippen molar-refractivity contribution in [2.45, 2.75) is 19.8 Å². The van der Waals surface area contributed by atoms with E-state index in [1.807, 2.05) is 30.0 Å². The van der Waals surface area contributed by atoms with Crippen molar-refractivity contribution >= 4 is 28.6 Å². The van der Waals surface area contributed by atoms with E-state index < -0.39 is 0 Å². The second-order valence-corrected chi connectivity index (χ2v) is 5.57. The molecular formula is C14H15N3OS. The SMILES string of the molecule is Cc1ncsc1C(=O)N1CCCc2cc(N)ccc21. The fraction of sp³-hybridized carbons (Fsp3) is 0.286. The van der Waals surface area contributed by atoms with Gasteiger partial charge in [-0.2, -0.15) is 0 Å². The first-order valence-corrected chi connectivity index (χ1v) is 7.15. The van der Waals surface area contributed by atoms with Crippen molar-refractivity contribution in [1.29, 1.82) is 0 Å². The molecule has 0 unspecified atom stereocenters. The highest BCUT2D eigenvalue weighted by Crippen LogP contribution is 2.31. The highest BCUT2D eigenvalue weighted by Gasteiger charge is 2.25. The molecule has 1 aliphatic heterocycles. The van der Waals surface area contributed by atoms with Gasteiger partial charge in [0.2, 0.25) is 0 Å². The minimum absolute atomic E-state index is 0.0470. The number of nitrogens with two attached hydrogens (primary N) is 1. The van der Waals surface area contributed by atoms with E-state index in [9.17, 15) is 4.79 Å². The monoisotopic (exact) mass is 273 g/mol. The van der Waals surface area contributed by atoms with Crippen molar-refractivity contribution < 1.29 is 4.79 Å². The molecule has 0 spiro atoms. The first-order chi connectivity index (χ1) is 9.16. The third-order valence-corrected chi connectivity index (χ3v) is 4.32. The smallest absolute Gasteiger partial charge is 0.270 e. The van der Waals surface area contributed by atoms with Gasteiger partial charge in [0.25, 0.3) is 5.91 Å². The molecule has 2 aromatic rings. The Hall–Kier alpha value is -1.88. The highest BCUT2D eigenvalue weighted by molar-refractivity contribution is 7.12. The molecule has 0 atom stereocenters. The molecule has 3 rings (SSSR count). The number of nitrogen functional groups attached to an aromatic ring is 1. The van der Waals surface area contributed by atoms with E-state index in [1.165, 1.54) is 11.3 Å². The Bertz CT molecular complexity index is 635. The number of amides is 1. The number of carbonyl (C=O) groups excluding carboxylic acids is 1. The van der Waals surface area contributed by atoms with Crippen LogP contribution in [0.25, 0.3) is 0 Å². The van der Waals surface area contributed by atoms with Crippen LogP contribution >= 0.6 is 11.3 Å². The van der Waals surface area contributed by atoms with Gasteiger partial charge in [0.05, 0.1) is 11.2 Å². The maximum atomic E-state index is 12.6. The highest BCUT2D eigenvalue weighted by atomic mass is 32.1. The zero-order valence-corrected chi connectivity index (χ0v) is 11.5. The Balaban J connectivity index is 2.00. The molecule has 0 fully saturated rings. The van der Waals surface area contributed by atoms with E-state index >= 15 is 0 Å². The van der Waals surface area contributed by atoms with E-state index in [-0.39, 0.29) is 5.91 Å². The molecule has 1 aromatic heterocycles. The molecule has 0 radical (unpaired) electrons. The number of fused-ring (bicyclic) bond motifs is 1. The van der Waals surface area contributed by atoms with Crippen LogP contribution in [-0.4, -0.2) is 17.4 Å². The summed E-state index contributed by atoms with van der Waals surface area (Å²) in [7, 11) is 0. The summed E-state index contributed by atoms with van der Waals surface area (Å²) < 4.78 is 0. The number of thiazole rings is 1. The number of nitrogens with zero attached hydrogens (tertiary/aromatic N) is 2. The van der Waals surface area contributed by atoms with Crippen LogP contribution in [0.15, 0.2) is 23.7 Å².